The van der Waals surface area contributed by atoms with Gasteiger partial charge in [-0.15, -0.1) is 0 Å². The molecule has 14 heavy (non-hydrogen) atoms. The average molecular weight is 256 g/mol. The summed E-state index contributed by atoms with van der Waals surface area (Å²) < 4.78 is 5.12. The monoisotopic (exact) mass is 255 g/mol. The molecule has 0 spiro atoms. The molecular formula is C8H6BrN3O2. The van der Waals surface area contributed by atoms with Crippen molar-refractivity contribution in [3.8, 4) is 6.07 Å². The van der Waals surface area contributed by atoms with Crippen LogP contribution in [0.25, 0.3) is 0 Å². The van der Waals surface area contributed by atoms with Crippen molar-refractivity contribution in [1.29, 1.82) is 5.26 Å². The number of esters is 1. The maximum Gasteiger partial charge on any atom is 0.330 e. The van der Waals surface area contributed by atoms with Crippen LogP contribution in [0, 0.1) is 11.3 Å². The minimum absolute atomic E-state index is 0.141. The van der Waals surface area contributed by atoms with Crippen LogP contribution in [0.5, 0.6) is 0 Å². The second-order valence-electron chi connectivity index (χ2n) is 2.34. The predicted octanol–water partition coefficient (Wildman–Crippen LogP) is 1.02. The van der Waals surface area contributed by atoms with Gasteiger partial charge in [0, 0.05) is 12.4 Å². The van der Waals surface area contributed by atoms with Crippen molar-refractivity contribution in [1.82, 2.24) is 9.97 Å². The molecule has 1 heterocycles. The molecule has 1 atom stereocenters. The number of nitriles is 1. The van der Waals surface area contributed by atoms with E-state index in [1.54, 1.807) is 6.07 Å². The lowest BCUT2D eigenvalue weighted by atomic mass is 10.1. The Morgan fingerprint density at radius 3 is 2.64 bits per heavy atom. The molecule has 0 aliphatic heterocycles. The van der Waals surface area contributed by atoms with Crippen LogP contribution in [0.2, 0.25) is 0 Å². The van der Waals surface area contributed by atoms with Gasteiger partial charge in [0.15, 0.2) is 5.82 Å². The minimum atomic E-state index is -1.06. The van der Waals surface area contributed by atoms with Crippen molar-refractivity contribution in [2.45, 2.75) is 5.92 Å². The molecule has 1 rings (SSSR count). The number of methoxy groups -OCH3 is 1. The number of rotatable bonds is 2. The summed E-state index contributed by atoms with van der Waals surface area (Å²) in [5.74, 6) is -1.58. The Morgan fingerprint density at radius 1 is 1.64 bits per heavy atom. The van der Waals surface area contributed by atoms with Crippen LogP contribution < -0.4 is 0 Å². The van der Waals surface area contributed by atoms with E-state index in [2.05, 4.69) is 30.6 Å². The van der Waals surface area contributed by atoms with Gasteiger partial charge in [-0.1, -0.05) is 0 Å². The summed E-state index contributed by atoms with van der Waals surface area (Å²) in [5.41, 5.74) is 0. The standard InChI is InChI=1S/C8H6BrN3O2/c1-14-8(13)6(2-10)7-11-3-5(9)4-12-7/h3-4,6H,1H3. The van der Waals surface area contributed by atoms with Gasteiger partial charge >= 0.3 is 5.97 Å². The normalized spacial score (nSPS) is 11.5. The maximum absolute atomic E-state index is 11.1. The molecule has 0 fully saturated rings. The fourth-order valence-corrected chi connectivity index (χ4v) is 1.01. The zero-order valence-electron chi connectivity index (χ0n) is 7.27. The van der Waals surface area contributed by atoms with Crippen LogP contribution in [-0.2, 0) is 9.53 Å². The number of hydrogen-bond acceptors (Lipinski definition) is 5. The van der Waals surface area contributed by atoms with Gasteiger partial charge in [0.25, 0.3) is 0 Å². The summed E-state index contributed by atoms with van der Waals surface area (Å²) in [5, 5.41) is 8.71. The summed E-state index contributed by atoms with van der Waals surface area (Å²) >= 11 is 3.15. The van der Waals surface area contributed by atoms with Crippen molar-refractivity contribution < 1.29 is 9.53 Å². The highest BCUT2D eigenvalue weighted by molar-refractivity contribution is 9.10. The predicted molar refractivity (Wildman–Crippen MR) is 50.1 cm³/mol. The Kier molecular flexibility index (Phi) is 3.54. The van der Waals surface area contributed by atoms with E-state index in [4.69, 9.17) is 5.26 Å². The molecule has 0 bridgehead atoms. The smallest absolute Gasteiger partial charge is 0.330 e. The zero-order chi connectivity index (χ0) is 10.6. The first-order valence-corrected chi connectivity index (χ1v) is 4.43. The molecule has 0 aliphatic carbocycles. The van der Waals surface area contributed by atoms with Crippen molar-refractivity contribution in [2.75, 3.05) is 7.11 Å². The van der Waals surface area contributed by atoms with E-state index in [9.17, 15) is 4.79 Å². The molecule has 0 saturated carbocycles. The van der Waals surface area contributed by atoms with Gasteiger partial charge in [-0.2, -0.15) is 5.26 Å². The fraction of sp³-hybridized carbons (Fsp3) is 0.250. The number of carbonyl (C=O) groups is 1. The maximum atomic E-state index is 11.1. The molecule has 0 saturated heterocycles. The van der Waals surface area contributed by atoms with Crippen LogP contribution in [0.4, 0.5) is 0 Å². The summed E-state index contributed by atoms with van der Waals surface area (Å²) in [6, 6.07) is 1.77. The van der Waals surface area contributed by atoms with Gasteiger partial charge < -0.3 is 4.74 Å². The van der Waals surface area contributed by atoms with Gasteiger partial charge in [-0.25, -0.2) is 9.97 Å². The van der Waals surface area contributed by atoms with E-state index in [-0.39, 0.29) is 5.82 Å². The molecule has 0 aromatic carbocycles. The summed E-state index contributed by atoms with van der Waals surface area (Å²) in [6.45, 7) is 0. The zero-order valence-corrected chi connectivity index (χ0v) is 8.85. The average Bonchev–Trinajstić information content (AvgIpc) is 2.21. The number of nitrogens with zero attached hydrogens (tertiary/aromatic N) is 3. The first kappa shape index (κ1) is 10.6. The summed E-state index contributed by atoms with van der Waals surface area (Å²) in [7, 11) is 1.21. The van der Waals surface area contributed by atoms with E-state index in [1.807, 2.05) is 0 Å². The molecule has 0 radical (unpaired) electrons. The van der Waals surface area contributed by atoms with E-state index in [0.29, 0.717) is 4.47 Å². The van der Waals surface area contributed by atoms with Crippen molar-refractivity contribution in [2.24, 2.45) is 0 Å². The van der Waals surface area contributed by atoms with E-state index >= 15 is 0 Å². The molecule has 1 aromatic heterocycles. The lowest BCUT2D eigenvalue weighted by Crippen LogP contribution is -2.15. The van der Waals surface area contributed by atoms with Crippen LogP contribution in [-0.4, -0.2) is 23.0 Å². The second kappa shape index (κ2) is 4.67. The Bertz CT molecular complexity index is 371. The summed E-state index contributed by atoms with van der Waals surface area (Å²) in [4.78, 5) is 18.8. The first-order chi connectivity index (χ1) is 6.69. The van der Waals surface area contributed by atoms with Crippen LogP contribution in [0.1, 0.15) is 11.7 Å². The van der Waals surface area contributed by atoms with Gasteiger partial charge in [0.05, 0.1) is 17.7 Å². The van der Waals surface area contributed by atoms with Crippen LogP contribution >= 0.6 is 15.9 Å². The van der Waals surface area contributed by atoms with Gasteiger partial charge in [0.2, 0.25) is 5.92 Å². The molecule has 5 nitrogen and oxygen atoms in total. The van der Waals surface area contributed by atoms with Crippen molar-refractivity contribution >= 4 is 21.9 Å². The highest BCUT2D eigenvalue weighted by atomic mass is 79.9. The topological polar surface area (TPSA) is 75.9 Å². The molecule has 0 amide bonds. The van der Waals surface area contributed by atoms with Crippen molar-refractivity contribution in [3.05, 3.63) is 22.7 Å². The molecule has 0 aliphatic rings. The van der Waals surface area contributed by atoms with E-state index < -0.39 is 11.9 Å². The Morgan fingerprint density at radius 2 is 2.21 bits per heavy atom. The van der Waals surface area contributed by atoms with Gasteiger partial charge in [-0.3, -0.25) is 4.79 Å². The number of ether oxygens (including phenoxy) is 1. The molecular weight excluding hydrogens is 250 g/mol. The Labute approximate surface area is 88.9 Å². The molecule has 72 valence electrons. The van der Waals surface area contributed by atoms with E-state index in [0.717, 1.165) is 0 Å². The molecule has 0 N–H and O–H groups in total. The lowest BCUT2D eigenvalue weighted by molar-refractivity contribution is -0.141. The SMILES string of the molecule is COC(=O)C(C#N)c1ncc(Br)cn1. The molecule has 1 aromatic rings. The number of carbonyl (C=O) groups excluding carboxylic acids is 1. The third-order valence-corrected chi connectivity index (χ3v) is 1.87. The third kappa shape index (κ3) is 2.26. The van der Waals surface area contributed by atoms with Gasteiger partial charge in [0.1, 0.15) is 0 Å². The highest BCUT2D eigenvalue weighted by Crippen LogP contribution is 2.13. The minimum Gasteiger partial charge on any atom is -0.468 e. The Balaban J connectivity index is 2.97. The van der Waals surface area contributed by atoms with Crippen LogP contribution in [0.3, 0.4) is 0 Å². The Hall–Kier alpha value is -1.48. The largest absolute Gasteiger partial charge is 0.468 e. The summed E-state index contributed by atoms with van der Waals surface area (Å²) in [6.07, 6.45) is 2.94. The number of halogens is 1. The van der Waals surface area contributed by atoms with Gasteiger partial charge in [-0.05, 0) is 15.9 Å². The highest BCUT2D eigenvalue weighted by Gasteiger charge is 2.23. The molecule has 1 unspecified atom stereocenters. The lowest BCUT2D eigenvalue weighted by Gasteiger charge is -2.04. The van der Waals surface area contributed by atoms with Crippen LogP contribution in [0.15, 0.2) is 16.9 Å². The first-order valence-electron chi connectivity index (χ1n) is 3.64. The number of aromatic nitrogens is 2. The third-order valence-electron chi connectivity index (χ3n) is 1.46. The number of hydrogen-bond donors (Lipinski definition) is 0. The quantitative estimate of drug-likeness (QED) is 0.738. The second-order valence-corrected chi connectivity index (χ2v) is 3.26. The van der Waals surface area contributed by atoms with E-state index in [1.165, 1.54) is 19.5 Å². The fourth-order valence-electron chi connectivity index (χ4n) is 0.805. The van der Waals surface area contributed by atoms with Crippen molar-refractivity contribution in [3.63, 3.8) is 0 Å². The molecule has 6 heteroatoms.